The minimum absolute atomic E-state index is 0.262. The first-order valence-electron chi connectivity index (χ1n) is 9.72. The molecular formula is C22H28N2O6S. The van der Waals surface area contributed by atoms with Gasteiger partial charge in [0.15, 0.2) is 0 Å². The average Bonchev–Trinajstić information content (AvgIpc) is 2.68. The zero-order valence-corrected chi connectivity index (χ0v) is 19.4. The molecule has 9 heteroatoms. The average molecular weight is 449 g/mol. The van der Waals surface area contributed by atoms with Crippen molar-refractivity contribution < 1.29 is 27.5 Å². The van der Waals surface area contributed by atoms with Gasteiger partial charge in [0.25, 0.3) is 0 Å². The molecule has 0 aromatic heterocycles. The number of ether oxygens (including phenoxy) is 2. The molecule has 168 valence electrons. The Labute approximate surface area is 183 Å². The van der Waals surface area contributed by atoms with Gasteiger partial charge in [-0.3, -0.25) is 9.10 Å². The Morgan fingerprint density at radius 1 is 1.13 bits per heavy atom. The molecule has 0 radical (unpaired) electrons. The number of sulfonamides is 1. The zero-order valence-electron chi connectivity index (χ0n) is 18.6. The molecule has 0 heterocycles. The summed E-state index contributed by atoms with van der Waals surface area (Å²) in [6.45, 7) is 7.04. The van der Waals surface area contributed by atoms with E-state index in [1.807, 2.05) is 6.92 Å². The molecule has 0 aliphatic heterocycles. The van der Waals surface area contributed by atoms with Crippen LogP contribution in [-0.2, 0) is 19.6 Å². The van der Waals surface area contributed by atoms with Crippen LogP contribution in [0.15, 0.2) is 36.4 Å². The molecule has 2 aromatic carbocycles. The second kappa shape index (κ2) is 9.82. The number of aryl methyl sites for hydroxylation is 2. The first kappa shape index (κ1) is 24.2. The fraction of sp³-hybridized carbons (Fsp3) is 0.364. The first-order chi connectivity index (χ1) is 14.5. The molecule has 2 rings (SSSR count). The van der Waals surface area contributed by atoms with Crippen molar-refractivity contribution in [2.45, 2.75) is 33.7 Å². The first-order valence-corrected chi connectivity index (χ1v) is 11.6. The predicted octanol–water partition coefficient (Wildman–Crippen LogP) is 3.28. The number of benzene rings is 2. The van der Waals surface area contributed by atoms with Crippen LogP contribution in [0.4, 0.5) is 11.4 Å². The Balaban J connectivity index is 2.35. The molecule has 0 spiro atoms. The summed E-state index contributed by atoms with van der Waals surface area (Å²) in [5.74, 6) is -0.641. The molecule has 0 fully saturated rings. The molecule has 0 saturated carbocycles. The monoisotopic (exact) mass is 448 g/mol. The van der Waals surface area contributed by atoms with Gasteiger partial charge in [0, 0.05) is 5.69 Å². The van der Waals surface area contributed by atoms with Gasteiger partial charge >= 0.3 is 5.97 Å². The second-order valence-electron chi connectivity index (χ2n) is 7.15. The molecule has 0 bridgehead atoms. The van der Waals surface area contributed by atoms with Gasteiger partial charge in [0.2, 0.25) is 15.9 Å². The van der Waals surface area contributed by atoms with Crippen LogP contribution in [0, 0.1) is 13.8 Å². The van der Waals surface area contributed by atoms with Gasteiger partial charge in [0.05, 0.1) is 31.2 Å². The van der Waals surface area contributed by atoms with E-state index in [0.717, 1.165) is 16.1 Å². The van der Waals surface area contributed by atoms with Crippen molar-refractivity contribution in [2.75, 3.05) is 29.6 Å². The van der Waals surface area contributed by atoms with Crippen LogP contribution in [0.3, 0.4) is 0 Å². The second-order valence-corrected chi connectivity index (χ2v) is 9.01. The lowest BCUT2D eigenvalue weighted by Gasteiger charge is -2.29. The standard InChI is InChI=1S/C22H28N2O6S/c1-7-30-22(26)17-9-10-18(15(3)13-17)23-21(25)16(4)24(31(6,27)28)19-12-14(2)8-11-20(19)29-5/h8-13,16H,7H2,1-6H3,(H,23,25)/t16-/m0/s1. The van der Waals surface area contributed by atoms with Gasteiger partial charge in [-0.1, -0.05) is 6.07 Å². The van der Waals surface area contributed by atoms with Crippen LogP contribution in [0.2, 0.25) is 0 Å². The van der Waals surface area contributed by atoms with Gasteiger partial charge in [0.1, 0.15) is 11.8 Å². The zero-order chi connectivity index (χ0) is 23.3. The quantitative estimate of drug-likeness (QED) is 0.622. The molecule has 1 N–H and O–H groups in total. The molecule has 0 aliphatic rings. The lowest BCUT2D eigenvalue weighted by atomic mass is 10.1. The van der Waals surface area contributed by atoms with E-state index in [1.54, 1.807) is 50.2 Å². The number of rotatable bonds is 8. The molecule has 1 atom stereocenters. The Morgan fingerprint density at radius 3 is 2.35 bits per heavy atom. The maximum Gasteiger partial charge on any atom is 0.338 e. The Bertz CT molecular complexity index is 1080. The highest BCUT2D eigenvalue weighted by Crippen LogP contribution is 2.33. The molecule has 31 heavy (non-hydrogen) atoms. The van der Waals surface area contributed by atoms with E-state index in [0.29, 0.717) is 22.6 Å². The van der Waals surface area contributed by atoms with Crippen molar-refractivity contribution in [3.63, 3.8) is 0 Å². The van der Waals surface area contributed by atoms with Crippen molar-refractivity contribution in [1.82, 2.24) is 0 Å². The number of hydrogen-bond acceptors (Lipinski definition) is 6. The molecule has 1 amide bonds. The third-order valence-electron chi connectivity index (χ3n) is 4.66. The topological polar surface area (TPSA) is 102 Å². The number of methoxy groups -OCH3 is 1. The van der Waals surface area contributed by atoms with Gasteiger partial charge in [-0.2, -0.15) is 0 Å². The summed E-state index contributed by atoms with van der Waals surface area (Å²) < 4.78 is 36.5. The molecule has 0 aliphatic carbocycles. The highest BCUT2D eigenvalue weighted by atomic mass is 32.2. The summed E-state index contributed by atoms with van der Waals surface area (Å²) >= 11 is 0. The lowest BCUT2D eigenvalue weighted by molar-refractivity contribution is -0.116. The van der Waals surface area contributed by atoms with E-state index >= 15 is 0 Å². The molecular weight excluding hydrogens is 420 g/mol. The number of carbonyl (C=O) groups is 2. The van der Waals surface area contributed by atoms with E-state index in [-0.39, 0.29) is 12.3 Å². The van der Waals surface area contributed by atoms with E-state index in [9.17, 15) is 18.0 Å². The Hall–Kier alpha value is -3.07. The van der Waals surface area contributed by atoms with Gasteiger partial charge in [-0.25, -0.2) is 13.2 Å². The highest BCUT2D eigenvalue weighted by molar-refractivity contribution is 7.92. The number of amides is 1. The normalized spacial score (nSPS) is 12.1. The summed E-state index contributed by atoms with van der Waals surface area (Å²) in [6.07, 6.45) is 1.04. The molecule has 8 nitrogen and oxygen atoms in total. The number of anilines is 2. The van der Waals surface area contributed by atoms with Crippen LogP contribution in [0.1, 0.15) is 35.3 Å². The number of hydrogen-bond donors (Lipinski definition) is 1. The van der Waals surface area contributed by atoms with Crippen molar-refractivity contribution >= 4 is 33.3 Å². The van der Waals surface area contributed by atoms with E-state index in [2.05, 4.69) is 5.32 Å². The summed E-state index contributed by atoms with van der Waals surface area (Å²) in [5, 5.41) is 2.74. The van der Waals surface area contributed by atoms with Crippen molar-refractivity contribution in [3.8, 4) is 5.75 Å². The highest BCUT2D eigenvalue weighted by Gasteiger charge is 2.31. The van der Waals surface area contributed by atoms with E-state index in [1.165, 1.54) is 14.0 Å². The maximum atomic E-state index is 13.0. The van der Waals surface area contributed by atoms with Gasteiger partial charge in [-0.15, -0.1) is 0 Å². The third kappa shape index (κ3) is 5.75. The Morgan fingerprint density at radius 2 is 1.81 bits per heavy atom. The van der Waals surface area contributed by atoms with Crippen LogP contribution < -0.4 is 14.4 Å². The lowest BCUT2D eigenvalue weighted by Crippen LogP contribution is -2.45. The van der Waals surface area contributed by atoms with Gasteiger partial charge < -0.3 is 14.8 Å². The van der Waals surface area contributed by atoms with Crippen molar-refractivity contribution in [2.24, 2.45) is 0 Å². The van der Waals surface area contributed by atoms with Gasteiger partial charge in [-0.05, 0) is 69.2 Å². The van der Waals surface area contributed by atoms with Crippen molar-refractivity contribution in [1.29, 1.82) is 0 Å². The SMILES string of the molecule is CCOC(=O)c1ccc(NC(=O)[C@H](C)N(c2cc(C)ccc2OC)S(C)(=O)=O)c(C)c1. The van der Waals surface area contributed by atoms with Crippen LogP contribution in [-0.4, -0.2) is 46.3 Å². The number of esters is 1. The van der Waals surface area contributed by atoms with Crippen LogP contribution >= 0.6 is 0 Å². The molecule has 0 saturated heterocycles. The smallest absolute Gasteiger partial charge is 0.338 e. The molecule has 0 unspecified atom stereocenters. The van der Waals surface area contributed by atoms with E-state index in [4.69, 9.17) is 9.47 Å². The summed E-state index contributed by atoms with van der Waals surface area (Å²) in [4.78, 5) is 24.9. The summed E-state index contributed by atoms with van der Waals surface area (Å²) in [6, 6.07) is 8.79. The van der Waals surface area contributed by atoms with Crippen LogP contribution in [0.25, 0.3) is 0 Å². The minimum Gasteiger partial charge on any atom is -0.495 e. The maximum absolute atomic E-state index is 13.0. The summed E-state index contributed by atoms with van der Waals surface area (Å²) in [5.41, 5.74) is 2.58. The van der Waals surface area contributed by atoms with Crippen molar-refractivity contribution in [3.05, 3.63) is 53.1 Å². The number of nitrogens with zero attached hydrogens (tertiary/aromatic N) is 1. The summed E-state index contributed by atoms with van der Waals surface area (Å²) in [7, 11) is -2.37. The number of nitrogens with one attached hydrogen (secondary N) is 1. The van der Waals surface area contributed by atoms with Crippen LogP contribution in [0.5, 0.6) is 5.75 Å². The predicted molar refractivity (Wildman–Crippen MR) is 120 cm³/mol. The minimum atomic E-state index is -3.81. The third-order valence-corrected chi connectivity index (χ3v) is 5.88. The van der Waals surface area contributed by atoms with E-state index < -0.39 is 27.9 Å². The molecule has 2 aromatic rings. The number of carbonyl (C=O) groups excluding carboxylic acids is 2. The fourth-order valence-corrected chi connectivity index (χ4v) is 4.31. The fourth-order valence-electron chi connectivity index (χ4n) is 3.14. The Kier molecular flexibility index (Phi) is 7.67. The largest absolute Gasteiger partial charge is 0.495 e.